The van der Waals surface area contributed by atoms with Gasteiger partial charge in [0.25, 0.3) is 10.0 Å². The lowest BCUT2D eigenvalue weighted by Gasteiger charge is -2.08. The monoisotopic (exact) mass is 390 g/mol. The smallest absolute Gasteiger partial charge is 0.262 e. The summed E-state index contributed by atoms with van der Waals surface area (Å²) < 4.78 is 27.6. The summed E-state index contributed by atoms with van der Waals surface area (Å²) in [6.07, 6.45) is 0. The van der Waals surface area contributed by atoms with E-state index in [9.17, 15) is 8.42 Å². The van der Waals surface area contributed by atoms with Gasteiger partial charge >= 0.3 is 0 Å². The van der Waals surface area contributed by atoms with Crippen LogP contribution in [0.1, 0.15) is 0 Å². The molecule has 1 aromatic heterocycles. The van der Waals surface area contributed by atoms with Crippen LogP contribution in [0.2, 0.25) is 0 Å². The van der Waals surface area contributed by atoms with Gasteiger partial charge in [0.1, 0.15) is 9.21 Å². The first-order valence-corrected chi connectivity index (χ1v) is 7.95. The molecule has 0 unspecified atom stereocenters. The Bertz CT molecular complexity index is 640. The number of para-hydroxylation sites is 1. The summed E-state index contributed by atoms with van der Waals surface area (Å²) in [6.45, 7) is 0. The van der Waals surface area contributed by atoms with Crippen LogP contribution in [0.15, 0.2) is 56.6 Å². The number of anilines is 1. The van der Waals surface area contributed by atoms with Gasteiger partial charge < -0.3 is 0 Å². The third kappa shape index (κ3) is 3.30. The quantitative estimate of drug-likeness (QED) is 0.815. The van der Waals surface area contributed by atoms with Gasteiger partial charge in [-0.25, -0.2) is 13.4 Å². The van der Waals surface area contributed by atoms with Crippen molar-refractivity contribution in [1.82, 2.24) is 4.98 Å². The molecule has 0 spiro atoms. The van der Waals surface area contributed by atoms with Crippen molar-refractivity contribution in [2.24, 2.45) is 0 Å². The predicted octanol–water partition coefficient (Wildman–Crippen LogP) is 3.41. The predicted molar refractivity (Wildman–Crippen MR) is 76.9 cm³/mol. The van der Waals surface area contributed by atoms with Crippen molar-refractivity contribution in [2.45, 2.75) is 4.90 Å². The standard InChI is InChI=1S/C11H8Br2N2O2S/c12-10-6-9(7-11(13)14-10)18(16,17)15-8-4-2-1-3-5-8/h1-7,15H. The molecule has 0 saturated heterocycles. The molecule has 0 radical (unpaired) electrons. The van der Waals surface area contributed by atoms with E-state index < -0.39 is 10.0 Å². The average Bonchev–Trinajstić information content (AvgIpc) is 2.28. The van der Waals surface area contributed by atoms with Crippen LogP contribution in [0, 0.1) is 0 Å². The molecule has 7 heteroatoms. The minimum atomic E-state index is -3.61. The van der Waals surface area contributed by atoms with E-state index in [4.69, 9.17) is 0 Å². The van der Waals surface area contributed by atoms with Gasteiger partial charge in [0.15, 0.2) is 0 Å². The topological polar surface area (TPSA) is 59.1 Å². The number of benzene rings is 1. The van der Waals surface area contributed by atoms with Crippen LogP contribution in [-0.2, 0) is 10.0 Å². The number of nitrogens with one attached hydrogen (secondary N) is 1. The maximum atomic E-state index is 12.1. The number of rotatable bonds is 3. The Kier molecular flexibility index (Phi) is 4.04. The molecule has 2 aromatic rings. The van der Waals surface area contributed by atoms with Crippen molar-refractivity contribution < 1.29 is 8.42 Å². The second-order valence-electron chi connectivity index (χ2n) is 3.42. The van der Waals surface area contributed by atoms with Gasteiger partial charge in [0, 0.05) is 5.69 Å². The Hall–Kier alpha value is -0.920. The molecule has 0 bridgehead atoms. The van der Waals surface area contributed by atoms with Crippen molar-refractivity contribution in [3.63, 3.8) is 0 Å². The second kappa shape index (κ2) is 5.38. The molecule has 18 heavy (non-hydrogen) atoms. The molecule has 1 heterocycles. The van der Waals surface area contributed by atoms with E-state index in [1.165, 1.54) is 12.1 Å². The van der Waals surface area contributed by atoms with E-state index in [-0.39, 0.29) is 4.90 Å². The van der Waals surface area contributed by atoms with Gasteiger partial charge in [-0.1, -0.05) is 18.2 Å². The van der Waals surface area contributed by atoms with Gasteiger partial charge in [-0.05, 0) is 56.1 Å². The Morgan fingerprint density at radius 1 is 1.00 bits per heavy atom. The number of sulfonamides is 1. The van der Waals surface area contributed by atoms with E-state index in [1.54, 1.807) is 24.3 Å². The first-order chi connectivity index (χ1) is 8.47. The minimum absolute atomic E-state index is 0.139. The summed E-state index contributed by atoms with van der Waals surface area (Å²) in [5.41, 5.74) is 0.515. The molecule has 4 nitrogen and oxygen atoms in total. The van der Waals surface area contributed by atoms with Crippen LogP contribution in [0.4, 0.5) is 5.69 Å². The Morgan fingerprint density at radius 3 is 2.11 bits per heavy atom. The van der Waals surface area contributed by atoms with Gasteiger partial charge in [0.05, 0.1) is 4.90 Å². The maximum Gasteiger partial charge on any atom is 0.262 e. The van der Waals surface area contributed by atoms with Crippen LogP contribution in [-0.4, -0.2) is 13.4 Å². The third-order valence-corrected chi connectivity index (χ3v) is 4.25. The lowest BCUT2D eigenvalue weighted by Crippen LogP contribution is -2.13. The number of aromatic nitrogens is 1. The minimum Gasteiger partial charge on any atom is -0.280 e. The molecule has 94 valence electrons. The molecular formula is C11H8Br2N2O2S. The Morgan fingerprint density at radius 2 is 1.56 bits per heavy atom. The molecule has 0 amide bonds. The molecule has 0 aliphatic rings. The van der Waals surface area contributed by atoms with E-state index in [2.05, 4.69) is 41.6 Å². The first-order valence-electron chi connectivity index (χ1n) is 4.88. The van der Waals surface area contributed by atoms with E-state index in [0.29, 0.717) is 14.9 Å². The summed E-state index contributed by atoms with van der Waals surface area (Å²) in [6, 6.07) is 11.6. The highest BCUT2D eigenvalue weighted by Gasteiger charge is 2.15. The number of halogens is 2. The van der Waals surface area contributed by atoms with Gasteiger partial charge in [0.2, 0.25) is 0 Å². The van der Waals surface area contributed by atoms with Crippen molar-refractivity contribution in [1.29, 1.82) is 0 Å². The fourth-order valence-corrected chi connectivity index (χ4v) is 3.83. The van der Waals surface area contributed by atoms with Crippen molar-refractivity contribution in [3.05, 3.63) is 51.7 Å². The molecule has 2 rings (SSSR count). The fraction of sp³-hybridized carbons (Fsp3) is 0. The van der Waals surface area contributed by atoms with Gasteiger partial charge in [-0.2, -0.15) is 0 Å². The second-order valence-corrected chi connectivity index (χ2v) is 6.73. The normalized spacial score (nSPS) is 11.2. The van der Waals surface area contributed by atoms with E-state index in [1.807, 2.05) is 6.07 Å². The zero-order chi connectivity index (χ0) is 13.2. The highest BCUT2D eigenvalue weighted by molar-refractivity contribution is 9.11. The zero-order valence-corrected chi connectivity index (χ0v) is 13.0. The number of pyridine rings is 1. The van der Waals surface area contributed by atoms with Crippen molar-refractivity contribution >= 4 is 47.6 Å². The highest BCUT2D eigenvalue weighted by atomic mass is 79.9. The lowest BCUT2D eigenvalue weighted by atomic mass is 10.3. The molecular weight excluding hydrogens is 384 g/mol. The van der Waals surface area contributed by atoms with Crippen LogP contribution >= 0.6 is 31.9 Å². The van der Waals surface area contributed by atoms with Crippen molar-refractivity contribution in [2.75, 3.05) is 4.72 Å². The number of nitrogens with zero attached hydrogens (tertiary/aromatic N) is 1. The summed E-state index contributed by atoms with van der Waals surface area (Å²) in [7, 11) is -3.61. The van der Waals surface area contributed by atoms with Gasteiger partial charge in [-0.15, -0.1) is 0 Å². The van der Waals surface area contributed by atoms with Crippen LogP contribution < -0.4 is 4.72 Å². The third-order valence-electron chi connectivity index (χ3n) is 2.07. The largest absolute Gasteiger partial charge is 0.280 e. The maximum absolute atomic E-state index is 12.1. The molecule has 1 aromatic carbocycles. The molecule has 0 saturated carbocycles. The Balaban J connectivity index is 2.37. The highest BCUT2D eigenvalue weighted by Crippen LogP contribution is 2.21. The SMILES string of the molecule is O=S(=O)(Nc1ccccc1)c1cc(Br)nc(Br)c1. The van der Waals surface area contributed by atoms with E-state index >= 15 is 0 Å². The summed E-state index contributed by atoms with van der Waals surface area (Å²) >= 11 is 6.32. The van der Waals surface area contributed by atoms with Crippen LogP contribution in [0.3, 0.4) is 0 Å². The van der Waals surface area contributed by atoms with Crippen molar-refractivity contribution in [3.8, 4) is 0 Å². The lowest BCUT2D eigenvalue weighted by molar-refractivity contribution is 0.601. The summed E-state index contributed by atoms with van der Waals surface area (Å²) in [4.78, 5) is 4.13. The van der Waals surface area contributed by atoms with E-state index in [0.717, 1.165) is 0 Å². The summed E-state index contributed by atoms with van der Waals surface area (Å²) in [5, 5.41) is 0. The van der Waals surface area contributed by atoms with Crippen LogP contribution in [0.25, 0.3) is 0 Å². The van der Waals surface area contributed by atoms with Crippen LogP contribution in [0.5, 0.6) is 0 Å². The molecule has 1 N–H and O–H groups in total. The van der Waals surface area contributed by atoms with Gasteiger partial charge in [-0.3, -0.25) is 4.72 Å². The fourth-order valence-electron chi connectivity index (χ4n) is 1.32. The molecule has 0 atom stereocenters. The first kappa shape index (κ1) is 13.5. The molecule has 0 aliphatic heterocycles. The molecule has 0 fully saturated rings. The average molecular weight is 392 g/mol. The number of hydrogen-bond donors (Lipinski definition) is 1. The number of hydrogen-bond acceptors (Lipinski definition) is 3. The summed E-state index contributed by atoms with van der Waals surface area (Å²) in [5.74, 6) is 0. The Labute approximate surface area is 122 Å². The molecule has 0 aliphatic carbocycles. The zero-order valence-electron chi connectivity index (χ0n) is 8.97.